The van der Waals surface area contributed by atoms with Gasteiger partial charge in [-0.1, -0.05) is 13.2 Å². The second-order valence-corrected chi connectivity index (χ2v) is 2.90. The second-order valence-electron chi connectivity index (χ2n) is 2.90. The lowest BCUT2D eigenvalue weighted by molar-refractivity contribution is -0.140. The molecule has 0 fully saturated rings. The summed E-state index contributed by atoms with van der Waals surface area (Å²) in [6.45, 7) is 6.61. The molecule has 0 saturated carbocycles. The third kappa shape index (κ3) is 10.4. The Kier molecular flexibility index (Phi) is 11.5. The molecule has 0 aliphatic heterocycles. The molecule has 0 atom stereocenters. The first-order chi connectivity index (χ1) is 8.42. The summed E-state index contributed by atoms with van der Waals surface area (Å²) < 4.78 is 12.9. The number of hydrogen-bond acceptors (Lipinski definition) is 6. The molecule has 0 aliphatic carbocycles. The lowest BCUT2D eigenvalue weighted by Crippen LogP contribution is -2.07. The van der Waals surface area contributed by atoms with Crippen molar-refractivity contribution in [1.29, 1.82) is 0 Å². The van der Waals surface area contributed by atoms with Crippen LogP contribution in [0.1, 0.15) is 12.8 Å². The van der Waals surface area contributed by atoms with Gasteiger partial charge in [-0.3, -0.25) is 4.79 Å². The zero-order valence-corrected chi connectivity index (χ0v) is 10.9. The van der Waals surface area contributed by atoms with Gasteiger partial charge in [0, 0.05) is 18.1 Å². The Bertz CT molecular complexity index is 319. The highest BCUT2D eigenvalue weighted by Crippen LogP contribution is 2.04. The molecular weight excluding hydrogens is 240 g/mol. The van der Waals surface area contributed by atoms with E-state index in [0.717, 1.165) is 6.08 Å². The van der Waals surface area contributed by atoms with E-state index in [1.54, 1.807) is 0 Å². The molecule has 0 saturated heterocycles. The highest BCUT2D eigenvalue weighted by molar-refractivity contribution is 5.88. The minimum absolute atomic E-state index is 0.157. The number of carbonyl (C=O) groups is 3. The van der Waals surface area contributed by atoms with Crippen LogP contribution in [-0.2, 0) is 28.6 Å². The highest BCUT2D eigenvalue weighted by atomic mass is 16.5. The van der Waals surface area contributed by atoms with E-state index < -0.39 is 11.9 Å². The van der Waals surface area contributed by atoms with E-state index in [2.05, 4.69) is 27.4 Å². The van der Waals surface area contributed by atoms with Crippen molar-refractivity contribution in [2.75, 3.05) is 21.3 Å². The monoisotopic (exact) mass is 258 g/mol. The van der Waals surface area contributed by atoms with Crippen molar-refractivity contribution in [1.82, 2.24) is 0 Å². The van der Waals surface area contributed by atoms with Gasteiger partial charge in [0.25, 0.3) is 0 Å². The zero-order chi connectivity index (χ0) is 14.6. The predicted molar refractivity (Wildman–Crippen MR) is 64.6 cm³/mol. The van der Waals surface area contributed by atoms with Gasteiger partial charge in [-0.05, 0) is 6.42 Å². The Balaban J connectivity index is 0. The number of esters is 3. The molecule has 0 N–H and O–H groups in total. The number of rotatable bonds is 5. The summed E-state index contributed by atoms with van der Waals surface area (Å²) in [5, 5.41) is 0. The van der Waals surface area contributed by atoms with Crippen molar-refractivity contribution in [2.24, 2.45) is 0 Å². The minimum atomic E-state index is -0.487. The standard InChI is InChI=1S/C8H12O4.C4H6O2/c1-6(8(10)12-3)4-5-7(9)11-2;1-3-4(5)6-2/h1,4-5H2,2-3H3;3H,1H2,2H3. The molecule has 0 aromatic heterocycles. The highest BCUT2D eigenvalue weighted by Gasteiger charge is 2.08. The number of hydrogen-bond donors (Lipinski definition) is 0. The molecule has 0 amide bonds. The van der Waals surface area contributed by atoms with Gasteiger partial charge in [0.15, 0.2) is 0 Å². The molecule has 0 unspecified atom stereocenters. The van der Waals surface area contributed by atoms with E-state index in [9.17, 15) is 14.4 Å². The Labute approximate surface area is 106 Å². The number of ether oxygens (including phenoxy) is 3. The summed E-state index contributed by atoms with van der Waals surface area (Å²) in [6, 6.07) is 0. The molecule has 0 radical (unpaired) electrons. The van der Waals surface area contributed by atoms with Crippen LogP contribution in [0.5, 0.6) is 0 Å². The van der Waals surface area contributed by atoms with Gasteiger partial charge in [-0.2, -0.15) is 0 Å². The SMILES string of the molecule is C=C(CCC(=O)OC)C(=O)OC.C=CC(=O)OC. The fourth-order valence-electron chi connectivity index (χ4n) is 0.685. The van der Waals surface area contributed by atoms with Crippen LogP contribution in [0.2, 0.25) is 0 Å². The quantitative estimate of drug-likeness (QED) is 0.416. The maximum atomic E-state index is 10.7. The summed E-state index contributed by atoms with van der Waals surface area (Å²) in [4.78, 5) is 31.2. The Hall–Kier alpha value is -2.11. The minimum Gasteiger partial charge on any atom is -0.469 e. The van der Waals surface area contributed by atoms with Gasteiger partial charge >= 0.3 is 17.9 Å². The smallest absolute Gasteiger partial charge is 0.333 e. The van der Waals surface area contributed by atoms with Crippen molar-refractivity contribution in [2.45, 2.75) is 12.8 Å². The summed E-state index contributed by atoms with van der Waals surface area (Å²) in [7, 11) is 3.87. The van der Waals surface area contributed by atoms with Crippen LogP contribution in [0.3, 0.4) is 0 Å². The largest absolute Gasteiger partial charge is 0.469 e. The van der Waals surface area contributed by atoms with Crippen LogP contribution >= 0.6 is 0 Å². The molecule has 6 heteroatoms. The third-order valence-corrected chi connectivity index (χ3v) is 1.70. The molecule has 0 aliphatic rings. The molecule has 0 aromatic rings. The molecule has 18 heavy (non-hydrogen) atoms. The van der Waals surface area contributed by atoms with Crippen LogP contribution in [0, 0.1) is 0 Å². The first kappa shape index (κ1) is 18.3. The van der Waals surface area contributed by atoms with Crippen LogP contribution < -0.4 is 0 Å². The van der Waals surface area contributed by atoms with E-state index in [0.29, 0.717) is 0 Å². The van der Waals surface area contributed by atoms with E-state index >= 15 is 0 Å². The topological polar surface area (TPSA) is 78.9 Å². The summed E-state index contributed by atoms with van der Waals surface area (Å²) in [5.41, 5.74) is 0.280. The van der Waals surface area contributed by atoms with Gasteiger partial charge in [0.05, 0.1) is 21.3 Å². The van der Waals surface area contributed by atoms with Crippen LogP contribution in [0.4, 0.5) is 0 Å². The fraction of sp³-hybridized carbons (Fsp3) is 0.417. The molecule has 0 bridgehead atoms. The average molecular weight is 258 g/mol. The maximum absolute atomic E-state index is 10.7. The summed E-state index contributed by atoms with van der Waals surface area (Å²) in [5.74, 6) is -1.24. The zero-order valence-electron chi connectivity index (χ0n) is 10.9. The van der Waals surface area contributed by atoms with Crippen LogP contribution in [-0.4, -0.2) is 39.2 Å². The lowest BCUT2D eigenvalue weighted by Gasteiger charge is -2.01. The normalized spacial score (nSPS) is 8.17. The predicted octanol–water partition coefficient (Wildman–Crippen LogP) is 1.01. The van der Waals surface area contributed by atoms with Crippen molar-refractivity contribution in [3.63, 3.8) is 0 Å². The Morgan fingerprint density at radius 3 is 1.83 bits per heavy atom. The van der Waals surface area contributed by atoms with Crippen molar-refractivity contribution >= 4 is 17.9 Å². The fourth-order valence-corrected chi connectivity index (χ4v) is 0.685. The second kappa shape index (κ2) is 11.4. The molecule has 0 rings (SSSR count). The molecule has 6 nitrogen and oxygen atoms in total. The third-order valence-electron chi connectivity index (χ3n) is 1.70. The van der Waals surface area contributed by atoms with E-state index in [1.165, 1.54) is 21.3 Å². The van der Waals surface area contributed by atoms with Gasteiger partial charge in [0.1, 0.15) is 0 Å². The maximum Gasteiger partial charge on any atom is 0.333 e. The number of methoxy groups -OCH3 is 3. The van der Waals surface area contributed by atoms with E-state index in [-0.39, 0.29) is 24.4 Å². The van der Waals surface area contributed by atoms with Gasteiger partial charge < -0.3 is 14.2 Å². The van der Waals surface area contributed by atoms with Gasteiger partial charge in [0.2, 0.25) is 0 Å². The average Bonchev–Trinajstić information content (AvgIpc) is 2.42. The van der Waals surface area contributed by atoms with Gasteiger partial charge in [-0.15, -0.1) is 0 Å². The molecule has 102 valence electrons. The van der Waals surface area contributed by atoms with Crippen LogP contribution in [0.15, 0.2) is 24.8 Å². The van der Waals surface area contributed by atoms with E-state index in [1.807, 2.05) is 0 Å². The molecule has 0 spiro atoms. The van der Waals surface area contributed by atoms with Crippen LogP contribution in [0.25, 0.3) is 0 Å². The van der Waals surface area contributed by atoms with Gasteiger partial charge in [-0.25, -0.2) is 9.59 Å². The molecule has 0 aromatic carbocycles. The summed E-state index contributed by atoms with van der Waals surface area (Å²) in [6.07, 6.45) is 1.55. The molecule has 0 heterocycles. The van der Waals surface area contributed by atoms with Crippen molar-refractivity contribution < 1.29 is 28.6 Å². The van der Waals surface area contributed by atoms with Crippen molar-refractivity contribution in [3.8, 4) is 0 Å². The number of carbonyl (C=O) groups excluding carboxylic acids is 3. The molecular formula is C12H18O6. The van der Waals surface area contributed by atoms with E-state index in [4.69, 9.17) is 0 Å². The first-order valence-electron chi connectivity index (χ1n) is 4.96. The lowest BCUT2D eigenvalue weighted by atomic mass is 10.2. The first-order valence-corrected chi connectivity index (χ1v) is 4.96. The Morgan fingerprint density at radius 1 is 1.00 bits per heavy atom. The van der Waals surface area contributed by atoms with Crippen molar-refractivity contribution in [3.05, 3.63) is 24.8 Å². The summed E-state index contributed by atoms with van der Waals surface area (Å²) >= 11 is 0. The Morgan fingerprint density at radius 2 is 1.56 bits per heavy atom.